The van der Waals surface area contributed by atoms with E-state index in [9.17, 15) is 12.8 Å². The molecule has 19 heavy (non-hydrogen) atoms. The third-order valence-corrected chi connectivity index (χ3v) is 4.87. The standard InChI is InChI=1S/C12H17FN2O3S/c1-8-6-15(7-9(2)18-8)19(16,17)12-5-10(13)3-4-11(12)14/h3-5,8-9H,6-7,14H2,1-2H3. The first-order chi connectivity index (χ1) is 8.80. The number of benzene rings is 1. The van der Waals surface area contributed by atoms with Crippen LogP contribution in [0, 0.1) is 5.82 Å². The van der Waals surface area contributed by atoms with E-state index in [1.54, 1.807) is 13.8 Å². The molecule has 0 aromatic heterocycles. The SMILES string of the molecule is CC1CN(S(=O)(=O)c2cc(F)ccc2N)CC(C)O1. The second-order valence-electron chi connectivity index (χ2n) is 4.76. The normalized spacial score (nSPS) is 25.4. The van der Waals surface area contributed by atoms with Crippen LogP contribution in [0.3, 0.4) is 0 Å². The maximum atomic E-state index is 13.2. The van der Waals surface area contributed by atoms with E-state index < -0.39 is 15.8 Å². The molecule has 2 rings (SSSR count). The van der Waals surface area contributed by atoms with Crippen molar-refractivity contribution in [3.05, 3.63) is 24.0 Å². The molecular weight excluding hydrogens is 271 g/mol. The summed E-state index contributed by atoms with van der Waals surface area (Å²) in [6.45, 7) is 4.07. The fourth-order valence-corrected chi connectivity index (χ4v) is 3.92. The first-order valence-corrected chi connectivity index (χ1v) is 7.45. The van der Waals surface area contributed by atoms with Gasteiger partial charge in [0.25, 0.3) is 0 Å². The molecule has 1 fully saturated rings. The predicted octanol–water partition coefficient (Wildman–Crippen LogP) is 1.21. The number of hydrogen-bond acceptors (Lipinski definition) is 4. The van der Waals surface area contributed by atoms with E-state index >= 15 is 0 Å². The van der Waals surface area contributed by atoms with Crippen LogP contribution in [0.4, 0.5) is 10.1 Å². The zero-order valence-electron chi connectivity index (χ0n) is 10.8. The fourth-order valence-electron chi connectivity index (χ4n) is 2.20. The molecule has 1 aromatic rings. The lowest BCUT2D eigenvalue weighted by Gasteiger charge is -2.34. The predicted molar refractivity (Wildman–Crippen MR) is 69.6 cm³/mol. The molecule has 0 radical (unpaired) electrons. The van der Waals surface area contributed by atoms with Crippen molar-refractivity contribution in [2.75, 3.05) is 18.8 Å². The quantitative estimate of drug-likeness (QED) is 0.830. The van der Waals surface area contributed by atoms with Crippen molar-refractivity contribution in [3.63, 3.8) is 0 Å². The van der Waals surface area contributed by atoms with E-state index in [1.165, 1.54) is 10.4 Å². The second kappa shape index (κ2) is 5.07. The molecule has 1 heterocycles. The Hall–Kier alpha value is -1.18. The van der Waals surface area contributed by atoms with Crippen molar-refractivity contribution in [1.29, 1.82) is 0 Å². The molecule has 5 nitrogen and oxygen atoms in total. The van der Waals surface area contributed by atoms with E-state index in [0.29, 0.717) is 0 Å². The van der Waals surface area contributed by atoms with Crippen LogP contribution in [0.1, 0.15) is 13.8 Å². The van der Waals surface area contributed by atoms with Gasteiger partial charge in [0.15, 0.2) is 0 Å². The highest BCUT2D eigenvalue weighted by Crippen LogP contribution is 2.25. The number of morpholine rings is 1. The highest BCUT2D eigenvalue weighted by Gasteiger charge is 2.33. The van der Waals surface area contributed by atoms with Gasteiger partial charge in [-0.1, -0.05) is 0 Å². The monoisotopic (exact) mass is 288 g/mol. The van der Waals surface area contributed by atoms with Crippen LogP contribution in [0.5, 0.6) is 0 Å². The maximum absolute atomic E-state index is 13.2. The number of rotatable bonds is 2. The number of nitrogens with two attached hydrogens (primary N) is 1. The summed E-state index contributed by atoms with van der Waals surface area (Å²) >= 11 is 0. The molecule has 2 atom stereocenters. The van der Waals surface area contributed by atoms with Gasteiger partial charge in [0.05, 0.1) is 17.9 Å². The molecule has 1 aliphatic rings. The lowest BCUT2D eigenvalue weighted by Crippen LogP contribution is -2.48. The first kappa shape index (κ1) is 14.2. The summed E-state index contributed by atoms with van der Waals surface area (Å²) in [6.07, 6.45) is -0.401. The van der Waals surface area contributed by atoms with Crippen LogP contribution < -0.4 is 5.73 Å². The Morgan fingerprint density at radius 2 is 1.89 bits per heavy atom. The van der Waals surface area contributed by atoms with Gasteiger partial charge in [-0.15, -0.1) is 0 Å². The van der Waals surface area contributed by atoms with Crippen LogP contribution in [0.2, 0.25) is 0 Å². The highest BCUT2D eigenvalue weighted by molar-refractivity contribution is 7.89. The molecule has 1 saturated heterocycles. The van der Waals surface area contributed by atoms with Crippen molar-refractivity contribution in [1.82, 2.24) is 4.31 Å². The van der Waals surface area contributed by atoms with Crippen molar-refractivity contribution in [3.8, 4) is 0 Å². The summed E-state index contributed by atoms with van der Waals surface area (Å²) in [5, 5.41) is 0. The van der Waals surface area contributed by atoms with Gasteiger partial charge in [-0.25, -0.2) is 12.8 Å². The zero-order chi connectivity index (χ0) is 14.2. The minimum Gasteiger partial charge on any atom is -0.398 e. The van der Waals surface area contributed by atoms with Crippen LogP contribution in [-0.2, 0) is 14.8 Å². The largest absolute Gasteiger partial charge is 0.398 e. The molecule has 1 aromatic carbocycles. The molecule has 7 heteroatoms. The number of nitrogen functional groups attached to an aromatic ring is 1. The Morgan fingerprint density at radius 3 is 2.47 bits per heavy atom. The Kier molecular flexibility index (Phi) is 3.80. The fraction of sp³-hybridized carbons (Fsp3) is 0.500. The van der Waals surface area contributed by atoms with E-state index in [-0.39, 0.29) is 35.9 Å². The van der Waals surface area contributed by atoms with Crippen molar-refractivity contribution in [2.45, 2.75) is 31.0 Å². The Labute approximate surface area is 112 Å². The van der Waals surface area contributed by atoms with Gasteiger partial charge in [0.1, 0.15) is 10.7 Å². The van der Waals surface area contributed by atoms with Gasteiger partial charge in [-0.2, -0.15) is 4.31 Å². The smallest absolute Gasteiger partial charge is 0.245 e. The summed E-state index contributed by atoms with van der Waals surface area (Å²) in [4.78, 5) is -0.186. The van der Waals surface area contributed by atoms with Gasteiger partial charge >= 0.3 is 0 Å². The Bertz CT molecular complexity index is 566. The number of hydrogen-bond donors (Lipinski definition) is 1. The molecule has 2 unspecified atom stereocenters. The topological polar surface area (TPSA) is 72.6 Å². The molecule has 2 N–H and O–H groups in total. The molecular formula is C12H17FN2O3S. The van der Waals surface area contributed by atoms with Gasteiger partial charge in [-0.3, -0.25) is 0 Å². The lowest BCUT2D eigenvalue weighted by atomic mass is 10.3. The van der Waals surface area contributed by atoms with Crippen LogP contribution in [0.15, 0.2) is 23.1 Å². The average Bonchev–Trinajstić information content (AvgIpc) is 2.31. The summed E-state index contributed by atoms with van der Waals surface area (Å²) in [7, 11) is -3.79. The van der Waals surface area contributed by atoms with E-state index in [1.807, 2.05) is 0 Å². The Morgan fingerprint density at radius 1 is 1.32 bits per heavy atom. The highest BCUT2D eigenvalue weighted by atomic mass is 32.2. The number of sulfonamides is 1. The van der Waals surface area contributed by atoms with Gasteiger partial charge in [0, 0.05) is 13.1 Å². The van der Waals surface area contributed by atoms with Gasteiger partial charge < -0.3 is 10.5 Å². The minimum absolute atomic E-state index is 0.0493. The lowest BCUT2D eigenvalue weighted by molar-refractivity contribution is -0.0440. The number of ether oxygens (including phenoxy) is 1. The number of nitrogens with zero attached hydrogens (tertiary/aromatic N) is 1. The summed E-state index contributed by atoms with van der Waals surface area (Å²) in [6, 6.07) is 3.35. The van der Waals surface area contributed by atoms with Crippen molar-refractivity contribution in [2.24, 2.45) is 0 Å². The van der Waals surface area contributed by atoms with E-state index in [0.717, 1.165) is 12.1 Å². The third kappa shape index (κ3) is 2.88. The molecule has 0 saturated carbocycles. The molecule has 106 valence electrons. The molecule has 0 amide bonds. The van der Waals surface area contributed by atoms with Crippen LogP contribution in [0.25, 0.3) is 0 Å². The zero-order valence-corrected chi connectivity index (χ0v) is 11.7. The first-order valence-electron chi connectivity index (χ1n) is 6.01. The summed E-state index contributed by atoms with van der Waals surface area (Å²) in [5.41, 5.74) is 5.70. The van der Waals surface area contributed by atoms with Gasteiger partial charge in [-0.05, 0) is 32.0 Å². The molecule has 0 bridgehead atoms. The number of halogens is 1. The van der Waals surface area contributed by atoms with Crippen molar-refractivity contribution < 1.29 is 17.5 Å². The van der Waals surface area contributed by atoms with E-state index in [4.69, 9.17) is 10.5 Å². The van der Waals surface area contributed by atoms with E-state index in [2.05, 4.69) is 0 Å². The van der Waals surface area contributed by atoms with Crippen LogP contribution in [-0.4, -0.2) is 38.0 Å². The maximum Gasteiger partial charge on any atom is 0.245 e. The summed E-state index contributed by atoms with van der Waals surface area (Å²) < 4.78 is 45.0. The second-order valence-corrected chi connectivity index (χ2v) is 6.67. The summed E-state index contributed by atoms with van der Waals surface area (Å²) in [5.74, 6) is -0.623. The van der Waals surface area contributed by atoms with Crippen LogP contribution >= 0.6 is 0 Å². The average molecular weight is 288 g/mol. The number of anilines is 1. The minimum atomic E-state index is -3.79. The molecule has 0 spiro atoms. The van der Waals surface area contributed by atoms with Gasteiger partial charge in [0.2, 0.25) is 10.0 Å². The molecule has 1 aliphatic heterocycles. The molecule has 0 aliphatic carbocycles. The Balaban J connectivity index is 2.39. The third-order valence-electron chi connectivity index (χ3n) is 2.98. The van der Waals surface area contributed by atoms with Crippen molar-refractivity contribution >= 4 is 15.7 Å².